The Morgan fingerprint density at radius 3 is 2.39 bits per heavy atom. The zero-order valence-electron chi connectivity index (χ0n) is 11.9. The first-order valence-corrected chi connectivity index (χ1v) is 7.49. The lowest BCUT2D eigenvalue weighted by Gasteiger charge is -2.26. The Bertz CT molecular complexity index is 329. The highest BCUT2D eigenvalue weighted by Crippen LogP contribution is 2.23. The van der Waals surface area contributed by atoms with Crippen LogP contribution in [0.2, 0.25) is 0 Å². The third-order valence-corrected chi connectivity index (χ3v) is 3.60. The third kappa shape index (κ3) is 4.99. The normalized spacial score (nSPS) is 11.8. The fourth-order valence-electron chi connectivity index (χ4n) is 2.11. The van der Waals surface area contributed by atoms with Gasteiger partial charge in [0.05, 0.1) is 0 Å². The minimum atomic E-state index is 0.178. The molecule has 0 atom stereocenters. The number of benzene rings is 1. The Kier molecular flexibility index (Phi) is 6.73. The van der Waals surface area contributed by atoms with Crippen molar-refractivity contribution < 1.29 is 0 Å². The maximum atomic E-state index is 5.68. The number of halogens is 1. The Balaban J connectivity index is 2.54. The molecule has 2 heteroatoms. The molecule has 0 saturated carbocycles. The molecule has 0 aliphatic carbocycles. The Morgan fingerprint density at radius 2 is 1.83 bits per heavy atom. The van der Waals surface area contributed by atoms with Crippen molar-refractivity contribution in [2.75, 3.05) is 19.0 Å². The van der Waals surface area contributed by atoms with Crippen LogP contribution in [0.25, 0.3) is 0 Å². The topological polar surface area (TPSA) is 12.0 Å². The minimum Gasteiger partial charge on any atom is -0.316 e. The number of alkyl halides is 1. The minimum absolute atomic E-state index is 0.178. The SMILES string of the molecule is CCCc1ccc(C(C)(C)CNCCCCl)cc1. The van der Waals surface area contributed by atoms with Crippen LogP contribution in [-0.2, 0) is 11.8 Å². The molecule has 1 aromatic rings. The number of aryl methyl sites for hydroxylation is 1. The average molecular weight is 268 g/mol. The van der Waals surface area contributed by atoms with Gasteiger partial charge >= 0.3 is 0 Å². The van der Waals surface area contributed by atoms with Crippen molar-refractivity contribution in [3.63, 3.8) is 0 Å². The van der Waals surface area contributed by atoms with Crippen LogP contribution in [0.5, 0.6) is 0 Å². The summed E-state index contributed by atoms with van der Waals surface area (Å²) in [5, 5.41) is 3.48. The van der Waals surface area contributed by atoms with Crippen molar-refractivity contribution in [1.82, 2.24) is 5.32 Å². The summed E-state index contributed by atoms with van der Waals surface area (Å²) in [5.74, 6) is 0.735. The molecule has 0 spiro atoms. The third-order valence-electron chi connectivity index (χ3n) is 3.33. The molecule has 1 N–H and O–H groups in total. The molecule has 0 bridgehead atoms. The monoisotopic (exact) mass is 267 g/mol. The molecule has 102 valence electrons. The summed E-state index contributed by atoms with van der Waals surface area (Å²) in [4.78, 5) is 0. The number of hydrogen-bond donors (Lipinski definition) is 1. The van der Waals surface area contributed by atoms with Crippen LogP contribution < -0.4 is 5.32 Å². The highest BCUT2D eigenvalue weighted by Gasteiger charge is 2.19. The van der Waals surface area contributed by atoms with Crippen LogP contribution in [-0.4, -0.2) is 19.0 Å². The van der Waals surface area contributed by atoms with Crippen LogP contribution in [0.15, 0.2) is 24.3 Å². The molecular weight excluding hydrogens is 242 g/mol. The van der Waals surface area contributed by atoms with Crippen LogP contribution in [0, 0.1) is 0 Å². The van der Waals surface area contributed by atoms with Crippen LogP contribution in [0.3, 0.4) is 0 Å². The number of nitrogens with one attached hydrogen (secondary N) is 1. The van der Waals surface area contributed by atoms with Crippen LogP contribution in [0.4, 0.5) is 0 Å². The highest BCUT2D eigenvalue weighted by molar-refractivity contribution is 6.17. The van der Waals surface area contributed by atoms with E-state index < -0.39 is 0 Å². The molecule has 1 aromatic carbocycles. The van der Waals surface area contributed by atoms with Gasteiger partial charge in [0.15, 0.2) is 0 Å². The molecule has 0 radical (unpaired) electrons. The van der Waals surface area contributed by atoms with Gasteiger partial charge in [0, 0.05) is 17.8 Å². The standard InChI is InChI=1S/C16H26ClN/c1-4-6-14-7-9-15(10-8-14)16(2,3)13-18-12-5-11-17/h7-10,18H,4-6,11-13H2,1-3H3. The maximum Gasteiger partial charge on any atom is 0.0235 e. The number of hydrogen-bond acceptors (Lipinski definition) is 1. The predicted molar refractivity (Wildman–Crippen MR) is 81.7 cm³/mol. The van der Waals surface area contributed by atoms with Gasteiger partial charge in [-0.05, 0) is 30.5 Å². The molecule has 0 unspecified atom stereocenters. The van der Waals surface area contributed by atoms with E-state index >= 15 is 0 Å². The van der Waals surface area contributed by atoms with E-state index in [1.807, 2.05) is 0 Å². The van der Waals surface area contributed by atoms with Crippen molar-refractivity contribution in [2.24, 2.45) is 0 Å². The van der Waals surface area contributed by atoms with Gasteiger partial charge in [-0.25, -0.2) is 0 Å². The lowest BCUT2D eigenvalue weighted by molar-refractivity contribution is 0.470. The molecule has 0 heterocycles. The molecule has 0 fully saturated rings. The van der Waals surface area contributed by atoms with Gasteiger partial charge < -0.3 is 5.32 Å². The maximum absolute atomic E-state index is 5.68. The van der Waals surface area contributed by atoms with Crippen molar-refractivity contribution in [2.45, 2.75) is 45.4 Å². The molecule has 18 heavy (non-hydrogen) atoms. The van der Waals surface area contributed by atoms with Crippen LogP contribution in [0.1, 0.15) is 44.7 Å². The first kappa shape index (κ1) is 15.5. The Morgan fingerprint density at radius 1 is 1.17 bits per heavy atom. The van der Waals surface area contributed by atoms with Gasteiger partial charge in [-0.3, -0.25) is 0 Å². The molecule has 0 aliphatic rings. The summed E-state index contributed by atoms with van der Waals surface area (Å²) in [5.41, 5.74) is 3.02. The molecule has 0 saturated heterocycles. The van der Waals surface area contributed by atoms with Gasteiger partial charge in [0.1, 0.15) is 0 Å². The van der Waals surface area contributed by atoms with Gasteiger partial charge in [-0.1, -0.05) is 51.5 Å². The Hall–Kier alpha value is -0.530. The quantitative estimate of drug-likeness (QED) is 0.552. The van der Waals surface area contributed by atoms with Gasteiger partial charge in [0.25, 0.3) is 0 Å². The van der Waals surface area contributed by atoms with Crippen LogP contribution >= 0.6 is 11.6 Å². The first-order valence-electron chi connectivity index (χ1n) is 6.96. The fourth-order valence-corrected chi connectivity index (χ4v) is 2.24. The summed E-state index contributed by atoms with van der Waals surface area (Å²) in [7, 11) is 0. The second kappa shape index (κ2) is 7.81. The lowest BCUT2D eigenvalue weighted by atomic mass is 9.84. The van der Waals surface area contributed by atoms with Crippen molar-refractivity contribution >= 4 is 11.6 Å². The second-order valence-electron chi connectivity index (χ2n) is 5.55. The molecule has 1 rings (SSSR count). The molecule has 1 nitrogen and oxygen atoms in total. The van der Waals surface area contributed by atoms with E-state index in [1.165, 1.54) is 24.0 Å². The largest absolute Gasteiger partial charge is 0.316 e. The molecule has 0 amide bonds. The van der Waals surface area contributed by atoms with E-state index in [0.717, 1.165) is 25.4 Å². The van der Waals surface area contributed by atoms with Crippen molar-refractivity contribution in [3.05, 3.63) is 35.4 Å². The lowest BCUT2D eigenvalue weighted by Crippen LogP contribution is -2.33. The molecule has 0 aromatic heterocycles. The zero-order valence-corrected chi connectivity index (χ0v) is 12.7. The summed E-state index contributed by atoms with van der Waals surface area (Å²) >= 11 is 5.68. The van der Waals surface area contributed by atoms with Gasteiger partial charge in [0.2, 0.25) is 0 Å². The first-order chi connectivity index (χ1) is 8.60. The summed E-state index contributed by atoms with van der Waals surface area (Å²) < 4.78 is 0. The fraction of sp³-hybridized carbons (Fsp3) is 0.625. The Labute approximate surface area is 117 Å². The van der Waals surface area contributed by atoms with E-state index in [2.05, 4.69) is 50.4 Å². The average Bonchev–Trinajstić information content (AvgIpc) is 2.36. The summed E-state index contributed by atoms with van der Waals surface area (Å²) in [6.07, 6.45) is 3.42. The highest BCUT2D eigenvalue weighted by atomic mass is 35.5. The number of rotatable bonds is 8. The van der Waals surface area contributed by atoms with E-state index in [0.29, 0.717) is 0 Å². The van der Waals surface area contributed by atoms with Gasteiger partial charge in [-0.15, -0.1) is 11.6 Å². The van der Waals surface area contributed by atoms with Gasteiger partial charge in [-0.2, -0.15) is 0 Å². The van der Waals surface area contributed by atoms with Crippen molar-refractivity contribution in [1.29, 1.82) is 0 Å². The van der Waals surface area contributed by atoms with E-state index in [4.69, 9.17) is 11.6 Å². The summed E-state index contributed by atoms with van der Waals surface area (Å²) in [6.45, 7) is 8.79. The smallest absolute Gasteiger partial charge is 0.0235 e. The van der Waals surface area contributed by atoms with E-state index in [9.17, 15) is 0 Å². The van der Waals surface area contributed by atoms with E-state index in [1.54, 1.807) is 0 Å². The van der Waals surface area contributed by atoms with E-state index in [-0.39, 0.29) is 5.41 Å². The molecular formula is C16H26ClN. The van der Waals surface area contributed by atoms with Crippen molar-refractivity contribution in [3.8, 4) is 0 Å². The predicted octanol–water partition coefficient (Wildman–Crippen LogP) is 4.14. The summed E-state index contributed by atoms with van der Waals surface area (Å²) in [6, 6.07) is 9.07. The zero-order chi connectivity index (χ0) is 13.4. The molecule has 0 aliphatic heterocycles. The second-order valence-corrected chi connectivity index (χ2v) is 5.93.